The summed E-state index contributed by atoms with van der Waals surface area (Å²) in [5.74, 6) is -0.541. The number of fused-ring (bicyclic) bond motifs is 1. The van der Waals surface area contributed by atoms with E-state index in [1.54, 1.807) is 47.4 Å². The van der Waals surface area contributed by atoms with Gasteiger partial charge < -0.3 is 16.0 Å². The molecule has 46 heavy (non-hydrogen) atoms. The highest BCUT2D eigenvalue weighted by Gasteiger charge is 2.31. The zero-order chi connectivity index (χ0) is 32.7. The lowest BCUT2D eigenvalue weighted by Crippen LogP contribution is -2.49. The van der Waals surface area contributed by atoms with Crippen LogP contribution in [-0.4, -0.2) is 44.3 Å². The van der Waals surface area contributed by atoms with Crippen molar-refractivity contribution >= 4 is 32.6 Å². The number of rotatable bonds is 13. The van der Waals surface area contributed by atoms with E-state index in [2.05, 4.69) is 23.9 Å². The van der Waals surface area contributed by atoms with Crippen LogP contribution in [0.5, 0.6) is 0 Å². The lowest BCUT2D eigenvalue weighted by Gasteiger charge is -2.28. The molecule has 0 aliphatic carbocycles. The van der Waals surface area contributed by atoms with Gasteiger partial charge in [-0.1, -0.05) is 98.8 Å². The number of carbonyl (C=O) groups excluding carboxylic acids is 2. The number of likely N-dealkylation sites (tertiary alicyclic amines) is 1. The fourth-order valence-corrected chi connectivity index (χ4v) is 7.43. The number of benzene rings is 4. The average Bonchev–Trinajstić information content (AvgIpc) is 3.63. The first kappa shape index (κ1) is 33.3. The maximum atomic E-state index is 13.7. The van der Waals surface area contributed by atoms with E-state index in [0.717, 1.165) is 47.6 Å². The van der Waals surface area contributed by atoms with Crippen molar-refractivity contribution in [1.82, 2.24) is 14.9 Å². The first-order valence-electron chi connectivity index (χ1n) is 16.1. The van der Waals surface area contributed by atoms with Crippen molar-refractivity contribution in [3.05, 3.63) is 114 Å². The van der Waals surface area contributed by atoms with Gasteiger partial charge >= 0.3 is 0 Å². The molecule has 2 atom stereocenters. The van der Waals surface area contributed by atoms with Crippen LogP contribution < -0.4 is 15.8 Å². The van der Waals surface area contributed by atoms with Crippen molar-refractivity contribution in [2.45, 2.75) is 74.9 Å². The summed E-state index contributed by atoms with van der Waals surface area (Å²) >= 11 is 0. The predicted molar refractivity (Wildman–Crippen MR) is 182 cm³/mol. The Bertz CT molecular complexity index is 1750. The maximum Gasteiger partial charge on any atom is 0.245 e. The summed E-state index contributed by atoms with van der Waals surface area (Å²) in [4.78, 5) is 29.3. The molecule has 0 aromatic heterocycles. The van der Waals surface area contributed by atoms with Crippen LogP contribution in [0.25, 0.3) is 10.8 Å². The molecule has 9 heteroatoms. The van der Waals surface area contributed by atoms with Crippen molar-refractivity contribution in [2.24, 2.45) is 5.73 Å². The molecule has 0 bridgehead atoms. The first-order valence-corrected chi connectivity index (χ1v) is 17.6. The molecular formula is C37H44N4O4S. The minimum atomic E-state index is -3.99. The summed E-state index contributed by atoms with van der Waals surface area (Å²) < 4.78 is 30.0. The normalized spacial score (nSPS) is 15.1. The zero-order valence-corrected chi connectivity index (χ0v) is 27.4. The van der Waals surface area contributed by atoms with Crippen molar-refractivity contribution in [3.63, 3.8) is 0 Å². The first-order chi connectivity index (χ1) is 22.1. The highest BCUT2D eigenvalue weighted by Crippen LogP contribution is 2.27. The monoisotopic (exact) mass is 640 g/mol. The Morgan fingerprint density at radius 1 is 0.848 bits per heavy atom. The average molecular weight is 641 g/mol. The van der Waals surface area contributed by atoms with Crippen LogP contribution in [0.2, 0.25) is 0 Å². The molecule has 8 nitrogen and oxygen atoms in total. The van der Waals surface area contributed by atoms with Crippen LogP contribution in [0, 0.1) is 0 Å². The number of hydrogen-bond acceptors (Lipinski definition) is 5. The topological polar surface area (TPSA) is 122 Å². The summed E-state index contributed by atoms with van der Waals surface area (Å²) in [5, 5.41) is 4.70. The molecule has 1 saturated heterocycles. The van der Waals surface area contributed by atoms with Crippen molar-refractivity contribution in [3.8, 4) is 0 Å². The third kappa shape index (κ3) is 7.84. The van der Waals surface area contributed by atoms with Gasteiger partial charge in [0, 0.05) is 31.5 Å². The van der Waals surface area contributed by atoms with E-state index in [1.807, 2.05) is 54.6 Å². The molecule has 4 aromatic carbocycles. The Kier molecular flexibility index (Phi) is 10.6. The number of nitrogens with zero attached hydrogens (tertiary/aromatic N) is 1. The lowest BCUT2D eigenvalue weighted by atomic mass is 9.85. The van der Waals surface area contributed by atoms with Crippen molar-refractivity contribution in [2.75, 3.05) is 13.1 Å². The van der Waals surface area contributed by atoms with Gasteiger partial charge in [-0.3, -0.25) is 9.59 Å². The van der Waals surface area contributed by atoms with Gasteiger partial charge in [-0.2, -0.15) is 0 Å². The van der Waals surface area contributed by atoms with E-state index < -0.39 is 33.6 Å². The van der Waals surface area contributed by atoms with Gasteiger partial charge in [0.2, 0.25) is 21.8 Å². The third-order valence-corrected chi connectivity index (χ3v) is 10.7. The molecule has 1 fully saturated rings. The van der Waals surface area contributed by atoms with E-state index in [1.165, 1.54) is 0 Å². The van der Waals surface area contributed by atoms with Gasteiger partial charge in [-0.05, 0) is 65.3 Å². The standard InChI is InChI=1S/C37H44N4O4S/c1-3-37(38,4-2)31-19-16-27(17-20-31)24-34(36(43)41-22-10-11-23-41)39-35(42)26-33(29-13-6-5-7-14-29)40-46(44,45)32-21-18-28-12-8-9-15-30(28)25-32/h5-9,12-21,25,33-34,40H,3-4,10-11,22-24,26,38H2,1-2H3,(H,39,42). The van der Waals surface area contributed by atoms with Crippen LogP contribution in [0.4, 0.5) is 0 Å². The SMILES string of the molecule is CCC(N)(CC)c1ccc(CC(NC(=O)CC(NS(=O)(=O)c2ccc3ccccc3c2)c2ccccc2)C(=O)N2CCCC2)cc1. The second kappa shape index (κ2) is 14.6. The van der Waals surface area contributed by atoms with Crippen LogP contribution in [-0.2, 0) is 31.6 Å². The lowest BCUT2D eigenvalue weighted by molar-refractivity contribution is -0.135. The van der Waals surface area contributed by atoms with Gasteiger partial charge in [0.05, 0.1) is 10.9 Å². The fourth-order valence-electron chi connectivity index (χ4n) is 6.17. The maximum absolute atomic E-state index is 13.7. The van der Waals surface area contributed by atoms with E-state index in [4.69, 9.17) is 5.73 Å². The van der Waals surface area contributed by atoms with Crippen LogP contribution in [0.15, 0.2) is 102 Å². The molecule has 1 aliphatic heterocycles. The zero-order valence-electron chi connectivity index (χ0n) is 26.6. The number of carbonyl (C=O) groups is 2. The molecule has 1 heterocycles. The van der Waals surface area contributed by atoms with E-state index in [-0.39, 0.29) is 17.2 Å². The molecular weight excluding hydrogens is 596 g/mol. The molecule has 5 rings (SSSR count). The van der Waals surface area contributed by atoms with Crippen molar-refractivity contribution in [1.29, 1.82) is 0 Å². The molecule has 0 radical (unpaired) electrons. The molecule has 0 saturated carbocycles. The smallest absolute Gasteiger partial charge is 0.245 e. The minimum absolute atomic E-state index is 0.116. The predicted octanol–water partition coefficient (Wildman–Crippen LogP) is 5.57. The Balaban J connectivity index is 1.36. The number of amides is 2. The number of sulfonamides is 1. The molecule has 0 spiro atoms. The largest absolute Gasteiger partial charge is 0.344 e. The Labute approximate surface area is 272 Å². The minimum Gasteiger partial charge on any atom is -0.344 e. The molecule has 4 N–H and O–H groups in total. The third-order valence-electron chi connectivity index (χ3n) is 9.20. The molecule has 242 valence electrons. The van der Waals surface area contributed by atoms with E-state index in [0.29, 0.717) is 25.1 Å². The molecule has 4 aromatic rings. The van der Waals surface area contributed by atoms with E-state index in [9.17, 15) is 18.0 Å². The van der Waals surface area contributed by atoms with E-state index >= 15 is 0 Å². The van der Waals surface area contributed by atoms with Crippen LogP contribution in [0.3, 0.4) is 0 Å². The number of nitrogens with two attached hydrogens (primary N) is 1. The Hall–Kier alpha value is -4.05. The highest BCUT2D eigenvalue weighted by molar-refractivity contribution is 7.89. The van der Waals surface area contributed by atoms with Gasteiger partial charge in [0.1, 0.15) is 6.04 Å². The summed E-state index contributed by atoms with van der Waals surface area (Å²) in [5.41, 5.74) is 8.79. The quantitative estimate of drug-likeness (QED) is 0.176. The second-order valence-corrected chi connectivity index (χ2v) is 13.9. The summed E-state index contributed by atoms with van der Waals surface area (Å²) in [6, 6.07) is 27.9. The summed E-state index contributed by atoms with van der Waals surface area (Å²) in [7, 11) is -3.99. The summed E-state index contributed by atoms with van der Waals surface area (Å²) in [6.45, 7) is 5.46. The number of hydrogen-bond donors (Lipinski definition) is 3. The second-order valence-electron chi connectivity index (χ2n) is 12.2. The number of nitrogens with one attached hydrogen (secondary N) is 2. The Morgan fingerprint density at radius 2 is 1.48 bits per heavy atom. The van der Waals surface area contributed by atoms with Crippen LogP contribution >= 0.6 is 0 Å². The van der Waals surface area contributed by atoms with Gasteiger partial charge in [0.15, 0.2) is 0 Å². The molecule has 2 amide bonds. The Morgan fingerprint density at radius 3 is 2.13 bits per heavy atom. The van der Waals surface area contributed by atoms with Crippen LogP contribution in [0.1, 0.15) is 68.7 Å². The van der Waals surface area contributed by atoms with Crippen molar-refractivity contribution < 1.29 is 18.0 Å². The van der Waals surface area contributed by atoms with Gasteiger partial charge in [-0.15, -0.1) is 0 Å². The molecule has 2 unspecified atom stereocenters. The summed E-state index contributed by atoms with van der Waals surface area (Å²) in [6.07, 6.45) is 3.61. The van der Waals surface area contributed by atoms with Gasteiger partial charge in [-0.25, -0.2) is 13.1 Å². The fraction of sp³-hybridized carbons (Fsp3) is 0.351. The van der Waals surface area contributed by atoms with Gasteiger partial charge in [0.25, 0.3) is 0 Å². The molecule has 1 aliphatic rings. The highest BCUT2D eigenvalue weighted by atomic mass is 32.2.